The summed E-state index contributed by atoms with van der Waals surface area (Å²) in [5, 5.41) is 0.536. The molecule has 14 heavy (non-hydrogen) atoms. The van der Waals surface area contributed by atoms with Gasteiger partial charge in [0, 0.05) is 10.6 Å². The van der Waals surface area contributed by atoms with E-state index in [4.69, 9.17) is 27.9 Å². The third kappa shape index (κ3) is 2.78. The van der Waals surface area contributed by atoms with Crippen molar-refractivity contribution < 1.29 is 4.74 Å². The van der Waals surface area contributed by atoms with Crippen LogP contribution in [0.3, 0.4) is 0 Å². The number of hydrogen-bond donors (Lipinski definition) is 0. The molecule has 1 unspecified atom stereocenters. The van der Waals surface area contributed by atoms with Crippen LogP contribution >= 0.6 is 39.1 Å². The molecule has 0 bridgehead atoms. The molecule has 0 radical (unpaired) electrons. The van der Waals surface area contributed by atoms with E-state index in [2.05, 4.69) is 15.9 Å². The molecule has 0 saturated heterocycles. The third-order valence-electron chi connectivity index (χ3n) is 1.75. The van der Waals surface area contributed by atoms with E-state index in [1.54, 1.807) is 6.07 Å². The molecule has 0 aromatic heterocycles. The number of ether oxygens (including phenoxy) is 1. The molecule has 0 heterocycles. The van der Waals surface area contributed by atoms with E-state index in [-0.39, 0.29) is 5.38 Å². The number of alkyl halides is 1. The summed E-state index contributed by atoms with van der Waals surface area (Å²) in [6.45, 7) is 4.43. The maximum Gasteiger partial charge on any atom is 0.138 e. The summed E-state index contributed by atoms with van der Waals surface area (Å²) in [5.74, 6) is 0.777. The Labute approximate surface area is 102 Å². The summed E-state index contributed by atoms with van der Waals surface area (Å²) < 4.78 is 6.34. The summed E-state index contributed by atoms with van der Waals surface area (Å²) in [6.07, 6.45) is 0. The first-order valence-electron chi connectivity index (χ1n) is 4.32. The fourth-order valence-electron chi connectivity index (χ4n) is 1.17. The van der Waals surface area contributed by atoms with E-state index >= 15 is 0 Å². The van der Waals surface area contributed by atoms with Crippen molar-refractivity contribution in [2.45, 2.75) is 19.2 Å². The Morgan fingerprint density at radius 3 is 2.64 bits per heavy atom. The summed E-state index contributed by atoms with van der Waals surface area (Å²) in [5.41, 5.74) is 0.910. The third-order valence-corrected chi connectivity index (χ3v) is 2.80. The topological polar surface area (TPSA) is 9.23 Å². The van der Waals surface area contributed by atoms with Gasteiger partial charge in [-0.15, -0.1) is 11.6 Å². The van der Waals surface area contributed by atoms with Gasteiger partial charge in [-0.3, -0.25) is 0 Å². The van der Waals surface area contributed by atoms with Gasteiger partial charge < -0.3 is 4.74 Å². The normalized spacial score (nSPS) is 12.6. The average molecular weight is 298 g/mol. The Kier molecular flexibility index (Phi) is 4.55. The Morgan fingerprint density at radius 1 is 1.50 bits per heavy atom. The SMILES string of the molecule is CCOc1c(Br)cc(Cl)cc1C(C)Cl. The lowest BCUT2D eigenvalue weighted by atomic mass is 10.1. The maximum absolute atomic E-state index is 6.03. The number of hydrogen-bond acceptors (Lipinski definition) is 1. The van der Waals surface area contributed by atoms with Gasteiger partial charge >= 0.3 is 0 Å². The van der Waals surface area contributed by atoms with Gasteiger partial charge in [-0.25, -0.2) is 0 Å². The van der Waals surface area contributed by atoms with E-state index in [0.717, 1.165) is 15.8 Å². The van der Waals surface area contributed by atoms with Crippen LogP contribution in [-0.2, 0) is 0 Å². The second-order valence-electron chi connectivity index (χ2n) is 2.85. The van der Waals surface area contributed by atoms with Crippen molar-refractivity contribution in [1.29, 1.82) is 0 Å². The number of halogens is 3. The van der Waals surface area contributed by atoms with Gasteiger partial charge in [0.2, 0.25) is 0 Å². The van der Waals surface area contributed by atoms with Gasteiger partial charge in [0.25, 0.3) is 0 Å². The predicted molar refractivity (Wildman–Crippen MR) is 64.6 cm³/mol. The van der Waals surface area contributed by atoms with Crippen molar-refractivity contribution in [3.63, 3.8) is 0 Å². The molecule has 1 rings (SSSR count). The van der Waals surface area contributed by atoms with Crippen LogP contribution in [0, 0.1) is 0 Å². The van der Waals surface area contributed by atoms with E-state index in [0.29, 0.717) is 11.6 Å². The first-order chi connectivity index (χ1) is 6.56. The monoisotopic (exact) mass is 296 g/mol. The molecule has 78 valence electrons. The molecule has 1 nitrogen and oxygen atoms in total. The molecule has 0 amide bonds. The van der Waals surface area contributed by atoms with Crippen molar-refractivity contribution in [2.24, 2.45) is 0 Å². The first-order valence-corrected chi connectivity index (χ1v) is 5.92. The minimum atomic E-state index is -0.119. The molecular weight excluding hydrogens is 287 g/mol. The van der Waals surface area contributed by atoms with Gasteiger partial charge in [0.15, 0.2) is 0 Å². The largest absolute Gasteiger partial charge is 0.492 e. The van der Waals surface area contributed by atoms with Crippen molar-refractivity contribution in [2.75, 3.05) is 6.61 Å². The molecular formula is C10H11BrCl2O. The van der Waals surface area contributed by atoms with Crippen molar-refractivity contribution in [1.82, 2.24) is 0 Å². The summed E-state index contributed by atoms with van der Waals surface area (Å²) in [7, 11) is 0. The average Bonchev–Trinajstić information content (AvgIpc) is 2.09. The molecule has 0 aliphatic heterocycles. The van der Waals surface area contributed by atoms with Crippen LogP contribution in [0.25, 0.3) is 0 Å². The zero-order chi connectivity index (χ0) is 10.7. The summed E-state index contributed by atoms with van der Waals surface area (Å²) in [6, 6.07) is 3.63. The van der Waals surface area contributed by atoms with Crippen LogP contribution in [0.5, 0.6) is 5.75 Å². The van der Waals surface area contributed by atoms with Gasteiger partial charge in [-0.2, -0.15) is 0 Å². The Balaban J connectivity index is 3.21. The van der Waals surface area contributed by atoms with E-state index < -0.39 is 0 Å². The quantitative estimate of drug-likeness (QED) is 0.728. The van der Waals surface area contributed by atoms with Crippen LogP contribution in [-0.4, -0.2) is 6.61 Å². The predicted octanol–water partition coefficient (Wildman–Crippen LogP) is 4.80. The molecule has 0 spiro atoms. The van der Waals surface area contributed by atoms with Gasteiger partial charge in [-0.05, 0) is 41.9 Å². The Hall–Kier alpha value is 0.0800. The lowest BCUT2D eigenvalue weighted by molar-refractivity contribution is 0.334. The van der Waals surface area contributed by atoms with Crippen molar-refractivity contribution >= 4 is 39.1 Å². The van der Waals surface area contributed by atoms with Crippen molar-refractivity contribution in [3.05, 3.63) is 27.2 Å². The molecule has 0 N–H and O–H groups in total. The van der Waals surface area contributed by atoms with Gasteiger partial charge in [-0.1, -0.05) is 11.6 Å². The molecule has 0 aliphatic rings. The molecule has 1 aromatic carbocycles. The zero-order valence-corrected chi connectivity index (χ0v) is 11.1. The summed E-state index contributed by atoms with van der Waals surface area (Å²) in [4.78, 5) is 0. The molecule has 1 atom stereocenters. The second-order valence-corrected chi connectivity index (χ2v) is 4.80. The summed E-state index contributed by atoms with van der Waals surface area (Å²) >= 11 is 15.3. The molecule has 1 aromatic rings. The highest BCUT2D eigenvalue weighted by Gasteiger charge is 2.13. The highest BCUT2D eigenvalue weighted by molar-refractivity contribution is 9.10. The van der Waals surface area contributed by atoms with E-state index in [9.17, 15) is 0 Å². The number of rotatable bonds is 3. The highest BCUT2D eigenvalue weighted by atomic mass is 79.9. The van der Waals surface area contributed by atoms with Crippen LogP contribution in [0.1, 0.15) is 24.8 Å². The molecule has 0 fully saturated rings. The fraction of sp³-hybridized carbons (Fsp3) is 0.400. The van der Waals surface area contributed by atoms with E-state index in [1.807, 2.05) is 19.9 Å². The Bertz CT molecular complexity index is 326. The van der Waals surface area contributed by atoms with Crippen LogP contribution < -0.4 is 4.74 Å². The van der Waals surface area contributed by atoms with Crippen LogP contribution in [0.4, 0.5) is 0 Å². The molecule has 0 aliphatic carbocycles. The van der Waals surface area contributed by atoms with Gasteiger partial charge in [0.1, 0.15) is 5.75 Å². The lowest BCUT2D eigenvalue weighted by Gasteiger charge is -2.14. The van der Waals surface area contributed by atoms with E-state index in [1.165, 1.54) is 0 Å². The van der Waals surface area contributed by atoms with Crippen molar-refractivity contribution in [3.8, 4) is 5.75 Å². The highest BCUT2D eigenvalue weighted by Crippen LogP contribution is 2.38. The minimum absolute atomic E-state index is 0.119. The molecule has 0 saturated carbocycles. The van der Waals surface area contributed by atoms with Crippen LogP contribution in [0.15, 0.2) is 16.6 Å². The maximum atomic E-state index is 6.03. The van der Waals surface area contributed by atoms with Gasteiger partial charge in [0.05, 0.1) is 16.5 Å². The van der Waals surface area contributed by atoms with Crippen LogP contribution in [0.2, 0.25) is 5.02 Å². The minimum Gasteiger partial charge on any atom is -0.492 e. The zero-order valence-electron chi connectivity index (χ0n) is 7.98. The second kappa shape index (κ2) is 5.24. The smallest absolute Gasteiger partial charge is 0.138 e. The fourth-order valence-corrected chi connectivity index (χ4v) is 2.28. The molecule has 4 heteroatoms. The standard InChI is InChI=1S/C10H11BrCl2O/c1-3-14-10-8(6(2)12)4-7(13)5-9(10)11/h4-6H,3H2,1-2H3. The Morgan fingerprint density at radius 2 is 2.14 bits per heavy atom. The number of benzene rings is 1. The lowest BCUT2D eigenvalue weighted by Crippen LogP contribution is -1.98. The first kappa shape index (κ1) is 12.2.